The fourth-order valence-electron chi connectivity index (χ4n) is 5.79. The molecule has 0 radical (unpaired) electrons. The maximum Gasteiger partial charge on any atom is 0.256 e. The molecule has 6 rings (SSSR count). The van der Waals surface area contributed by atoms with Crippen LogP contribution in [0.3, 0.4) is 0 Å². The molecule has 0 saturated carbocycles. The standard InChI is InChI=1S/C32H34Cl2N4O4S.H2O/c1-19-29(35-20(2)30(19)32(40)38-14-6-7-21(38)17-37-12-3-4-13-37)16-24-23-15-22(10-11-28(23)36-31(24)39)43(41,42)18-25-26(33)8-5-9-27(25)34;/h5,8-11,15-16,21,35H,3-4,6-7,12-14,17-18H2,1-2H3,(H,36,39);1H2/b24-16-;/t21-;/m1./s1/i3D2,4D2,12D2,13D2;. The minimum absolute atomic E-state index is 0. The van der Waals surface area contributed by atoms with Crippen molar-refractivity contribution in [3.05, 3.63) is 80.1 Å². The molecular weight excluding hydrogens is 623 g/mol. The molecule has 2 saturated heterocycles. The van der Waals surface area contributed by atoms with Gasteiger partial charge in [0.2, 0.25) is 0 Å². The minimum Gasteiger partial charge on any atom is -0.412 e. The van der Waals surface area contributed by atoms with Gasteiger partial charge in [-0.05, 0) is 94.4 Å². The smallest absolute Gasteiger partial charge is 0.256 e. The SMILES string of the molecule is O.[2H]C1([2H])N(C[C@H]2CCCN2C(=O)c2c(C)[nH]c(/C=C3\C(=O)Nc4ccc(S(=O)(=O)Cc5c(Cl)cccc5Cl)cc43)c2C)C([2H])([2H])C([2H])([2H])C1([2H])[2H]. The fraction of sp³-hybridized carbons (Fsp3) is 0.375. The van der Waals surface area contributed by atoms with Crippen LogP contribution in [0.15, 0.2) is 41.3 Å². The van der Waals surface area contributed by atoms with Gasteiger partial charge in [0.1, 0.15) is 0 Å². The summed E-state index contributed by atoms with van der Waals surface area (Å²) in [5.41, 5.74) is 2.76. The van der Waals surface area contributed by atoms with Gasteiger partial charge in [-0.2, -0.15) is 0 Å². The van der Waals surface area contributed by atoms with Gasteiger partial charge in [-0.3, -0.25) is 9.59 Å². The van der Waals surface area contributed by atoms with Gasteiger partial charge < -0.3 is 25.6 Å². The van der Waals surface area contributed by atoms with E-state index in [1.54, 1.807) is 32.0 Å². The number of anilines is 1. The van der Waals surface area contributed by atoms with Crippen LogP contribution >= 0.6 is 23.2 Å². The largest absolute Gasteiger partial charge is 0.412 e. The van der Waals surface area contributed by atoms with E-state index in [-0.39, 0.29) is 43.7 Å². The zero-order valence-corrected chi connectivity index (χ0v) is 26.2. The number of H-pyrrole nitrogens is 1. The Bertz CT molecular complexity index is 2080. The van der Waals surface area contributed by atoms with Crippen molar-refractivity contribution >= 4 is 62.2 Å². The second kappa shape index (κ2) is 12.7. The molecular formula is C32H36Cl2N4O5S. The molecule has 3 aliphatic heterocycles. The van der Waals surface area contributed by atoms with E-state index < -0.39 is 65.7 Å². The molecule has 2 fully saturated rings. The van der Waals surface area contributed by atoms with Crippen LogP contribution < -0.4 is 5.32 Å². The lowest BCUT2D eigenvalue weighted by molar-refractivity contribution is -0.110. The normalized spacial score (nSPS) is 26.6. The van der Waals surface area contributed by atoms with Gasteiger partial charge in [-0.25, -0.2) is 8.42 Å². The number of nitrogens with zero attached hydrogens (tertiary/aromatic N) is 2. The molecule has 44 heavy (non-hydrogen) atoms. The highest BCUT2D eigenvalue weighted by atomic mass is 35.5. The number of fused-ring (bicyclic) bond motifs is 1. The van der Waals surface area contributed by atoms with Gasteiger partial charge in [-0.15, -0.1) is 0 Å². The van der Waals surface area contributed by atoms with Crippen LogP contribution in [0.2, 0.25) is 10.0 Å². The van der Waals surface area contributed by atoms with Gasteiger partial charge in [-0.1, -0.05) is 29.3 Å². The summed E-state index contributed by atoms with van der Waals surface area (Å²) in [5.74, 6) is -1.39. The van der Waals surface area contributed by atoms with E-state index in [0.29, 0.717) is 45.9 Å². The Balaban J connectivity index is 0.00000523. The molecule has 0 unspecified atom stereocenters. The number of rotatable bonds is 7. The molecule has 234 valence electrons. The number of aromatic nitrogens is 1. The van der Waals surface area contributed by atoms with E-state index in [9.17, 15) is 18.0 Å². The highest BCUT2D eigenvalue weighted by molar-refractivity contribution is 7.90. The molecule has 9 nitrogen and oxygen atoms in total. The molecule has 2 aromatic carbocycles. The molecule has 1 aromatic heterocycles. The van der Waals surface area contributed by atoms with Crippen LogP contribution in [0.5, 0.6) is 0 Å². The second-order valence-corrected chi connectivity index (χ2v) is 13.5. The summed E-state index contributed by atoms with van der Waals surface area (Å²) in [6.07, 6.45) is -3.94. The lowest BCUT2D eigenvalue weighted by atomic mass is 10.0. The number of hydrogen-bond donors (Lipinski definition) is 2. The fourth-order valence-corrected chi connectivity index (χ4v) is 7.91. The molecule has 1 atom stereocenters. The van der Waals surface area contributed by atoms with Crippen LogP contribution in [-0.2, 0) is 20.4 Å². The average Bonchev–Trinajstić information content (AvgIpc) is 3.72. The Morgan fingerprint density at radius 2 is 1.84 bits per heavy atom. The van der Waals surface area contributed by atoms with Gasteiger partial charge in [0.25, 0.3) is 11.8 Å². The first-order chi connectivity index (χ1) is 23.5. The molecule has 4 heterocycles. The first-order valence-corrected chi connectivity index (χ1v) is 16.1. The van der Waals surface area contributed by atoms with Crippen molar-refractivity contribution in [3.63, 3.8) is 0 Å². The first-order valence-electron chi connectivity index (χ1n) is 17.7. The maximum atomic E-state index is 14.1. The summed E-state index contributed by atoms with van der Waals surface area (Å²) in [6.45, 7) is -2.84. The number of amides is 2. The zero-order valence-electron chi connectivity index (χ0n) is 31.8. The Kier molecular flexibility index (Phi) is 6.70. The predicted octanol–water partition coefficient (Wildman–Crippen LogP) is 5.28. The summed E-state index contributed by atoms with van der Waals surface area (Å²) in [7, 11) is -3.95. The van der Waals surface area contributed by atoms with E-state index in [4.69, 9.17) is 34.2 Å². The van der Waals surface area contributed by atoms with Crippen molar-refractivity contribution in [1.29, 1.82) is 0 Å². The van der Waals surface area contributed by atoms with Gasteiger partial charge in [0.05, 0.1) is 21.8 Å². The molecule has 4 N–H and O–H groups in total. The third-order valence-electron chi connectivity index (χ3n) is 7.98. The van der Waals surface area contributed by atoms with Crippen LogP contribution in [0.4, 0.5) is 5.69 Å². The molecule has 3 aliphatic rings. The lowest BCUT2D eigenvalue weighted by Gasteiger charge is -2.28. The monoisotopic (exact) mass is 666 g/mol. The molecule has 0 bridgehead atoms. The van der Waals surface area contributed by atoms with Crippen LogP contribution in [-0.4, -0.2) is 72.6 Å². The van der Waals surface area contributed by atoms with E-state index in [1.165, 1.54) is 29.2 Å². The number of sulfone groups is 1. The summed E-state index contributed by atoms with van der Waals surface area (Å²) >= 11 is 12.5. The van der Waals surface area contributed by atoms with Crippen LogP contribution in [0, 0.1) is 13.8 Å². The molecule has 3 aromatic rings. The van der Waals surface area contributed by atoms with Crippen molar-refractivity contribution in [2.75, 3.05) is 31.4 Å². The van der Waals surface area contributed by atoms with Crippen molar-refractivity contribution in [3.8, 4) is 0 Å². The number of carbonyl (C=O) groups is 2. The Labute approximate surface area is 278 Å². The number of halogens is 2. The van der Waals surface area contributed by atoms with Crippen LogP contribution in [0.1, 0.15) is 75.0 Å². The van der Waals surface area contributed by atoms with Crippen LogP contribution in [0.25, 0.3) is 11.6 Å². The predicted molar refractivity (Wildman–Crippen MR) is 174 cm³/mol. The van der Waals surface area contributed by atoms with Gasteiger partial charge >= 0.3 is 0 Å². The topological polar surface area (TPSA) is 134 Å². The summed E-state index contributed by atoms with van der Waals surface area (Å²) in [6, 6.07) is 8.23. The van der Waals surface area contributed by atoms with Crippen molar-refractivity contribution in [1.82, 2.24) is 14.8 Å². The van der Waals surface area contributed by atoms with Crippen molar-refractivity contribution in [2.24, 2.45) is 0 Å². The molecule has 2 amide bonds. The Morgan fingerprint density at radius 3 is 2.55 bits per heavy atom. The highest BCUT2D eigenvalue weighted by Gasteiger charge is 2.34. The van der Waals surface area contributed by atoms with E-state index in [2.05, 4.69) is 10.3 Å². The number of nitrogens with one attached hydrogen (secondary N) is 2. The molecule has 12 heteroatoms. The van der Waals surface area contributed by atoms with Crippen molar-refractivity contribution in [2.45, 2.75) is 56.1 Å². The average molecular weight is 668 g/mol. The van der Waals surface area contributed by atoms with E-state index in [0.717, 1.165) is 0 Å². The Morgan fingerprint density at radius 1 is 1.14 bits per heavy atom. The number of likely N-dealkylation sites (tertiary alicyclic amines) is 2. The Hall–Kier alpha value is -3.15. The summed E-state index contributed by atoms with van der Waals surface area (Å²) < 4.78 is 92.8. The first kappa shape index (κ1) is 23.2. The number of carbonyl (C=O) groups excluding carboxylic acids is 2. The number of benzene rings is 2. The van der Waals surface area contributed by atoms with E-state index in [1.807, 2.05) is 0 Å². The van der Waals surface area contributed by atoms with Crippen molar-refractivity contribution < 1.29 is 34.4 Å². The summed E-state index contributed by atoms with van der Waals surface area (Å²) in [4.78, 5) is 32.3. The highest BCUT2D eigenvalue weighted by Crippen LogP contribution is 2.37. The van der Waals surface area contributed by atoms with Gasteiger partial charge in [0, 0.05) is 68.3 Å². The lowest BCUT2D eigenvalue weighted by Crippen LogP contribution is -2.42. The quantitative estimate of drug-likeness (QED) is 0.331. The molecule has 0 aliphatic carbocycles. The zero-order chi connectivity index (χ0) is 37.6. The van der Waals surface area contributed by atoms with Gasteiger partial charge in [0.15, 0.2) is 9.84 Å². The summed E-state index contributed by atoms with van der Waals surface area (Å²) in [5, 5.41) is 3.14. The maximum absolute atomic E-state index is 14.1. The second-order valence-electron chi connectivity index (χ2n) is 10.7. The third kappa shape index (κ3) is 6.06. The number of hydrogen-bond acceptors (Lipinski definition) is 5. The third-order valence-corrected chi connectivity index (χ3v) is 10.3. The number of aryl methyl sites for hydroxylation is 1. The minimum atomic E-state index is -3.95. The number of aromatic amines is 1. The molecule has 0 spiro atoms. The van der Waals surface area contributed by atoms with E-state index >= 15 is 0 Å².